The average Bonchev–Trinajstić information content (AvgIpc) is 3.46. The van der Waals surface area contributed by atoms with Crippen molar-refractivity contribution < 1.29 is 29.0 Å². The maximum atomic E-state index is 12.6. The van der Waals surface area contributed by atoms with Crippen LogP contribution >= 0.6 is 46.7 Å². The van der Waals surface area contributed by atoms with Crippen molar-refractivity contribution in [3.8, 4) is 0 Å². The minimum atomic E-state index is -0.896. The fourth-order valence-corrected chi connectivity index (χ4v) is 8.56. The lowest BCUT2D eigenvalue weighted by Gasteiger charge is -2.15. The largest absolute Gasteiger partial charge is 0.480 e. The number of carbonyl (C=O) groups excluding carboxylic acids is 3. The zero-order valence-corrected chi connectivity index (χ0v) is 30.1. The number of hydrogen-bond donors (Lipinski definition) is 1. The number of esters is 1. The van der Waals surface area contributed by atoms with Crippen LogP contribution in [0, 0.1) is 13.8 Å². The first-order valence-corrected chi connectivity index (χ1v) is 18.1. The van der Waals surface area contributed by atoms with Crippen molar-refractivity contribution in [1.82, 2.24) is 9.13 Å². The van der Waals surface area contributed by atoms with E-state index in [4.69, 9.17) is 33.0 Å². The number of ether oxygens (including phenoxy) is 1. The summed E-state index contributed by atoms with van der Waals surface area (Å²) in [5.74, 6) is -0.908. The van der Waals surface area contributed by atoms with Crippen LogP contribution in [0.4, 0.5) is 0 Å². The summed E-state index contributed by atoms with van der Waals surface area (Å²) in [6, 6.07) is 15.0. The number of ketones is 2. The van der Waals surface area contributed by atoms with E-state index >= 15 is 0 Å². The fourth-order valence-electron chi connectivity index (χ4n) is 6.11. The van der Waals surface area contributed by atoms with Crippen LogP contribution in [0.15, 0.2) is 68.1 Å². The van der Waals surface area contributed by atoms with Gasteiger partial charge in [-0.2, -0.15) is 0 Å². The highest BCUT2D eigenvalue weighted by Crippen LogP contribution is 2.41. The van der Waals surface area contributed by atoms with Gasteiger partial charge in [-0.15, -0.1) is 0 Å². The molecule has 0 aliphatic heterocycles. The lowest BCUT2D eigenvalue weighted by atomic mass is 9.96. The Morgan fingerprint density at radius 1 is 0.729 bits per heavy atom. The summed E-state index contributed by atoms with van der Waals surface area (Å²) >= 11 is 14.9. The second-order valence-electron chi connectivity index (χ2n) is 11.5. The van der Waals surface area contributed by atoms with Gasteiger partial charge in [-0.3, -0.25) is 19.2 Å². The zero-order valence-electron chi connectivity index (χ0n) is 26.9. The van der Waals surface area contributed by atoms with E-state index in [1.54, 1.807) is 23.3 Å². The Morgan fingerprint density at radius 3 is 1.54 bits per heavy atom. The molecule has 0 saturated heterocycles. The molecular formula is C36H36Cl2N2O6S2. The second kappa shape index (κ2) is 15.8. The molecule has 0 radical (unpaired) electrons. The molecule has 0 atom stereocenters. The average molecular weight is 728 g/mol. The van der Waals surface area contributed by atoms with Gasteiger partial charge in [0.25, 0.3) is 0 Å². The standard InChI is InChI=1S/C19H20ClNO3S.C17H16ClNO3S/c1-3-24-17(23)11-21-12(2)19(18-15(21)5-4-6-16(18)22)25-14-9-7-13(20)8-10-14;1-10-17(23-12-7-5-11(18)6-8-12)16-13(3-2-4-14(16)20)19(10)9-15(21)22/h7-10H,3-6,11H2,1-2H3;5-8H,2-4,9H2,1H3,(H,21,22). The molecule has 0 amide bonds. The van der Waals surface area contributed by atoms with Gasteiger partial charge in [0, 0.05) is 65.2 Å². The number of carbonyl (C=O) groups is 4. The van der Waals surface area contributed by atoms with E-state index in [-0.39, 0.29) is 30.6 Å². The Kier molecular flexibility index (Phi) is 11.8. The Balaban J connectivity index is 0.000000188. The highest BCUT2D eigenvalue weighted by Gasteiger charge is 2.30. The summed E-state index contributed by atoms with van der Waals surface area (Å²) in [6.45, 7) is 6.03. The van der Waals surface area contributed by atoms with Gasteiger partial charge >= 0.3 is 11.9 Å². The summed E-state index contributed by atoms with van der Waals surface area (Å²) in [7, 11) is 0. The molecule has 0 spiro atoms. The van der Waals surface area contributed by atoms with Gasteiger partial charge in [-0.05, 0) is 95.0 Å². The molecule has 2 aliphatic carbocycles. The normalized spacial score (nSPS) is 13.8. The first-order chi connectivity index (χ1) is 23.0. The third-order valence-corrected chi connectivity index (χ3v) is 11.2. The summed E-state index contributed by atoms with van der Waals surface area (Å²) in [4.78, 5) is 51.9. The lowest BCUT2D eigenvalue weighted by molar-refractivity contribution is -0.144. The van der Waals surface area contributed by atoms with E-state index in [9.17, 15) is 19.2 Å². The van der Waals surface area contributed by atoms with Crippen LogP contribution in [0.2, 0.25) is 10.0 Å². The van der Waals surface area contributed by atoms with Crippen LogP contribution in [0.3, 0.4) is 0 Å². The minimum Gasteiger partial charge on any atom is -0.480 e. The Bertz CT molecular complexity index is 1860. The van der Waals surface area contributed by atoms with Crippen molar-refractivity contribution in [2.45, 2.75) is 92.0 Å². The van der Waals surface area contributed by atoms with Crippen LogP contribution in [0.1, 0.15) is 76.1 Å². The van der Waals surface area contributed by atoms with E-state index in [0.717, 1.165) is 73.6 Å². The number of nitrogens with zero attached hydrogens (tertiary/aromatic N) is 2. The van der Waals surface area contributed by atoms with Crippen LogP contribution in [-0.4, -0.2) is 44.4 Å². The quantitative estimate of drug-likeness (QED) is 0.171. The van der Waals surface area contributed by atoms with Crippen LogP contribution in [0.25, 0.3) is 0 Å². The lowest BCUT2D eigenvalue weighted by Crippen LogP contribution is -2.19. The molecular weight excluding hydrogens is 691 g/mol. The summed E-state index contributed by atoms with van der Waals surface area (Å²) in [5, 5.41) is 10.5. The molecule has 1 N–H and O–H groups in total. The Morgan fingerprint density at radius 2 is 1.15 bits per heavy atom. The molecule has 0 unspecified atom stereocenters. The van der Waals surface area contributed by atoms with Crippen LogP contribution in [-0.2, 0) is 40.3 Å². The first kappa shape index (κ1) is 35.9. The number of benzene rings is 2. The number of rotatable bonds is 9. The van der Waals surface area contributed by atoms with E-state index in [1.165, 1.54) is 11.8 Å². The number of Topliss-reactive ketones (excluding diaryl/α,β-unsaturated/α-hetero) is 2. The molecule has 2 heterocycles. The second-order valence-corrected chi connectivity index (χ2v) is 14.5. The van der Waals surface area contributed by atoms with Crippen molar-refractivity contribution in [3.05, 3.63) is 92.5 Å². The van der Waals surface area contributed by atoms with Crippen molar-refractivity contribution in [1.29, 1.82) is 0 Å². The van der Waals surface area contributed by atoms with Gasteiger partial charge < -0.3 is 19.0 Å². The zero-order chi connectivity index (χ0) is 34.5. The van der Waals surface area contributed by atoms with E-state index < -0.39 is 5.97 Å². The Labute approximate surface area is 298 Å². The van der Waals surface area contributed by atoms with E-state index in [1.807, 2.05) is 66.9 Å². The minimum absolute atomic E-state index is 0.106. The first-order valence-electron chi connectivity index (χ1n) is 15.7. The smallest absolute Gasteiger partial charge is 0.325 e. The van der Waals surface area contributed by atoms with Crippen molar-refractivity contribution >= 4 is 70.2 Å². The summed E-state index contributed by atoms with van der Waals surface area (Å²) in [6.07, 6.45) is 4.24. The Hall–Kier alpha value is -3.44. The maximum absolute atomic E-state index is 12.6. The van der Waals surface area contributed by atoms with Crippen molar-refractivity contribution in [2.75, 3.05) is 6.61 Å². The molecule has 12 heteroatoms. The summed E-state index contributed by atoms with van der Waals surface area (Å²) in [5.41, 5.74) is 5.07. The summed E-state index contributed by atoms with van der Waals surface area (Å²) < 4.78 is 8.81. The topological polar surface area (TPSA) is 108 Å². The number of carboxylic acids is 1. The van der Waals surface area contributed by atoms with Gasteiger partial charge in [0.1, 0.15) is 13.1 Å². The van der Waals surface area contributed by atoms with Gasteiger partial charge in [0.05, 0.1) is 17.7 Å². The van der Waals surface area contributed by atoms with E-state index in [0.29, 0.717) is 35.1 Å². The third kappa shape index (κ3) is 8.05. The van der Waals surface area contributed by atoms with Crippen LogP contribution in [0.5, 0.6) is 0 Å². The monoisotopic (exact) mass is 726 g/mol. The molecule has 8 nitrogen and oxygen atoms in total. The molecule has 0 saturated carbocycles. The molecule has 48 heavy (non-hydrogen) atoms. The molecule has 4 aromatic rings. The predicted molar refractivity (Wildman–Crippen MR) is 188 cm³/mol. The number of fused-ring (bicyclic) bond motifs is 2. The van der Waals surface area contributed by atoms with Gasteiger partial charge in [-0.1, -0.05) is 46.7 Å². The van der Waals surface area contributed by atoms with Gasteiger partial charge in [0.2, 0.25) is 0 Å². The van der Waals surface area contributed by atoms with Gasteiger partial charge in [0.15, 0.2) is 11.6 Å². The number of halogens is 2. The molecule has 2 aromatic carbocycles. The van der Waals surface area contributed by atoms with Crippen LogP contribution < -0.4 is 0 Å². The molecule has 2 aliphatic rings. The SMILES string of the molecule is CCOC(=O)Cn1c(C)c(Sc2ccc(Cl)cc2)c2c1CCCC2=O.Cc1c(Sc2ccc(Cl)cc2)c2c(n1CC(=O)O)CCCC2=O. The molecule has 6 rings (SSSR count). The maximum Gasteiger partial charge on any atom is 0.325 e. The molecule has 0 bridgehead atoms. The molecule has 0 fully saturated rings. The number of aliphatic carboxylic acids is 1. The van der Waals surface area contributed by atoms with Crippen molar-refractivity contribution in [2.24, 2.45) is 0 Å². The van der Waals surface area contributed by atoms with Crippen molar-refractivity contribution in [3.63, 3.8) is 0 Å². The predicted octanol–water partition coefficient (Wildman–Crippen LogP) is 8.89. The molecule has 252 valence electrons. The highest BCUT2D eigenvalue weighted by atomic mass is 35.5. The third-order valence-electron chi connectivity index (χ3n) is 8.30. The fraction of sp³-hybridized carbons (Fsp3) is 0.333. The van der Waals surface area contributed by atoms with Gasteiger partial charge in [-0.25, -0.2) is 0 Å². The number of aromatic nitrogens is 2. The highest BCUT2D eigenvalue weighted by molar-refractivity contribution is 7.99. The number of hydrogen-bond acceptors (Lipinski definition) is 7. The molecule has 2 aromatic heterocycles. The number of carboxylic acid groups (broad SMARTS) is 1. The van der Waals surface area contributed by atoms with E-state index in [2.05, 4.69) is 0 Å².